The summed E-state index contributed by atoms with van der Waals surface area (Å²) in [6.07, 6.45) is 7.15. The molecule has 1 fully saturated rings. The number of rotatable bonds is 4. The molecule has 4 heterocycles. The minimum Gasteiger partial charge on any atom is -0.355 e. The van der Waals surface area contributed by atoms with E-state index in [1.807, 2.05) is 24.5 Å². The first-order valence-corrected chi connectivity index (χ1v) is 11.5. The first-order valence-electron chi connectivity index (χ1n) is 11.1. The van der Waals surface area contributed by atoms with Gasteiger partial charge in [-0.1, -0.05) is 32.4 Å². The predicted octanol–water partition coefficient (Wildman–Crippen LogP) is 4.15. The molecule has 0 aromatic carbocycles. The number of fused-ring (bicyclic) bond motifs is 1. The third kappa shape index (κ3) is 4.85. The zero-order valence-corrected chi connectivity index (χ0v) is 20.0. The highest BCUT2D eigenvalue weighted by atomic mass is 35.5. The number of amides is 1. The average molecular weight is 453 g/mol. The van der Waals surface area contributed by atoms with Crippen LogP contribution < -0.4 is 14.8 Å². The van der Waals surface area contributed by atoms with Gasteiger partial charge in [0.2, 0.25) is 5.91 Å². The molecule has 4 rings (SSSR count). The third-order valence-electron chi connectivity index (χ3n) is 6.04. The summed E-state index contributed by atoms with van der Waals surface area (Å²) in [6, 6.07) is 8.06. The van der Waals surface area contributed by atoms with Crippen LogP contribution in [0.15, 0.2) is 42.9 Å². The monoisotopic (exact) mass is 452 g/mol. The fraction of sp³-hybridized carbons (Fsp3) is 0.440. The molecule has 0 radical (unpaired) electrons. The van der Waals surface area contributed by atoms with Gasteiger partial charge >= 0.3 is 0 Å². The first-order chi connectivity index (χ1) is 15.2. The van der Waals surface area contributed by atoms with E-state index >= 15 is 0 Å². The van der Waals surface area contributed by atoms with Crippen molar-refractivity contribution in [2.24, 2.45) is 18.4 Å². The summed E-state index contributed by atoms with van der Waals surface area (Å²) < 4.78 is 2.22. The lowest BCUT2D eigenvalue weighted by atomic mass is 9.93. The number of carbonyl (C=O) groups is 1. The Morgan fingerprint density at radius 3 is 2.66 bits per heavy atom. The van der Waals surface area contributed by atoms with Crippen molar-refractivity contribution in [1.82, 2.24) is 15.3 Å². The van der Waals surface area contributed by atoms with Gasteiger partial charge in [-0.25, -0.2) is 9.55 Å². The Labute approximate surface area is 194 Å². The molecule has 3 aromatic heterocycles. The van der Waals surface area contributed by atoms with E-state index in [4.69, 9.17) is 11.6 Å². The zero-order valence-electron chi connectivity index (χ0n) is 19.2. The summed E-state index contributed by atoms with van der Waals surface area (Å²) in [5.41, 5.74) is 2.15. The zero-order chi connectivity index (χ0) is 22.9. The molecule has 1 aliphatic rings. The van der Waals surface area contributed by atoms with Crippen molar-refractivity contribution in [3.8, 4) is 11.3 Å². The third-order valence-corrected chi connectivity index (χ3v) is 6.25. The van der Waals surface area contributed by atoms with Crippen LogP contribution in [-0.2, 0) is 11.8 Å². The second-order valence-corrected chi connectivity index (χ2v) is 10.2. The van der Waals surface area contributed by atoms with Gasteiger partial charge in [0.15, 0.2) is 0 Å². The van der Waals surface area contributed by atoms with Crippen LogP contribution in [0.4, 0.5) is 5.82 Å². The quantitative estimate of drug-likeness (QED) is 0.477. The number of pyridine rings is 3. The largest absolute Gasteiger partial charge is 0.355 e. The molecule has 0 saturated carbocycles. The Bertz CT molecular complexity index is 1130. The van der Waals surface area contributed by atoms with Crippen LogP contribution in [0.1, 0.15) is 33.6 Å². The van der Waals surface area contributed by atoms with Gasteiger partial charge in [-0.3, -0.25) is 14.7 Å². The lowest BCUT2D eigenvalue weighted by molar-refractivity contribution is -0.646. The molecule has 168 valence electrons. The van der Waals surface area contributed by atoms with E-state index in [0.717, 1.165) is 53.8 Å². The summed E-state index contributed by atoms with van der Waals surface area (Å²) in [6.45, 7) is 8.78. The van der Waals surface area contributed by atoms with Crippen molar-refractivity contribution in [2.75, 3.05) is 24.5 Å². The molecule has 6 nitrogen and oxygen atoms in total. The molecular weight excluding hydrogens is 422 g/mol. The number of hydrogen-bond acceptors (Lipinski definition) is 4. The van der Waals surface area contributed by atoms with Gasteiger partial charge in [0.1, 0.15) is 10.8 Å². The van der Waals surface area contributed by atoms with Crippen molar-refractivity contribution in [1.29, 1.82) is 0 Å². The summed E-state index contributed by atoms with van der Waals surface area (Å²) >= 11 is 6.17. The van der Waals surface area contributed by atoms with Crippen molar-refractivity contribution >= 4 is 34.1 Å². The van der Waals surface area contributed by atoms with Gasteiger partial charge < -0.3 is 5.32 Å². The Morgan fingerprint density at radius 1 is 1.22 bits per heavy atom. The summed E-state index contributed by atoms with van der Waals surface area (Å²) in [4.78, 5) is 23.5. The highest BCUT2D eigenvalue weighted by Gasteiger charge is 2.32. The highest BCUT2D eigenvalue weighted by Crippen LogP contribution is 2.31. The summed E-state index contributed by atoms with van der Waals surface area (Å²) in [5.74, 6) is 1.38. The number of nitrogens with zero attached hydrogens (tertiary/aromatic N) is 4. The van der Waals surface area contributed by atoms with Gasteiger partial charge in [0, 0.05) is 42.0 Å². The van der Waals surface area contributed by atoms with E-state index < -0.39 is 0 Å². The molecule has 1 aliphatic heterocycles. The van der Waals surface area contributed by atoms with Crippen molar-refractivity contribution in [2.45, 2.75) is 33.6 Å². The van der Waals surface area contributed by atoms with Gasteiger partial charge in [0.25, 0.3) is 5.82 Å². The molecule has 3 aromatic rings. The summed E-state index contributed by atoms with van der Waals surface area (Å²) in [5, 5.41) is 5.84. The molecule has 7 heteroatoms. The Hall–Kier alpha value is -2.73. The number of piperidine rings is 1. The average Bonchev–Trinajstić information content (AvgIpc) is 2.77. The maximum Gasteiger partial charge on any atom is 0.284 e. The van der Waals surface area contributed by atoms with Crippen LogP contribution in [0.3, 0.4) is 0 Å². The second kappa shape index (κ2) is 9.02. The predicted molar refractivity (Wildman–Crippen MR) is 129 cm³/mol. The van der Waals surface area contributed by atoms with E-state index in [1.54, 1.807) is 6.20 Å². The van der Waals surface area contributed by atoms with Crippen molar-refractivity contribution in [3.63, 3.8) is 0 Å². The Kier molecular flexibility index (Phi) is 6.33. The molecule has 1 saturated heterocycles. The Balaban J connectivity index is 1.62. The maximum atomic E-state index is 12.7. The van der Waals surface area contributed by atoms with Crippen molar-refractivity contribution in [3.05, 3.63) is 48.0 Å². The molecule has 1 N–H and O–H groups in total. The molecule has 32 heavy (non-hydrogen) atoms. The smallest absolute Gasteiger partial charge is 0.284 e. The number of aromatic nitrogens is 3. The molecule has 0 unspecified atom stereocenters. The topological polar surface area (TPSA) is 62.0 Å². The van der Waals surface area contributed by atoms with Gasteiger partial charge in [-0.05, 0) is 42.5 Å². The fourth-order valence-corrected chi connectivity index (χ4v) is 4.51. The van der Waals surface area contributed by atoms with E-state index in [9.17, 15) is 4.79 Å². The van der Waals surface area contributed by atoms with Gasteiger partial charge in [0.05, 0.1) is 25.5 Å². The standard InChI is InChI=1S/C25H30ClN5O/c1-25(2,3)16-29-23(32)17-7-11-31(12-8-17)24-20-6-9-27-15-19(20)13-21(30(24)4)18-5-10-28-22(26)14-18/h5-6,9-10,13-15,17H,7-8,11-12,16H2,1-4H3/p+1. The lowest BCUT2D eigenvalue weighted by Gasteiger charge is -2.30. The lowest BCUT2D eigenvalue weighted by Crippen LogP contribution is -2.47. The van der Waals surface area contributed by atoms with Crippen LogP contribution in [0.2, 0.25) is 5.15 Å². The minimum absolute atomic E-state index is 0.0639. The van der Waals surface area contributed by atoms with Gasteiger partial charge in [-0.2, -0.15) is 0 Å². The van der Waals surface area contributed by atoms with Crippen molar-refractivity contribution < 1.29 is 9.36 Å². The number of carbonyl (C=O) groups excluding carboxylic acids is 1. The molecule has 0 aliphatic carbocycles. The van der Waals surface area contributed by atoms with E-state index in [-0.39, 0.29) is 17.2 Å². The molecule has 0 bridgehead atoms. The van der Waals surface area contributed by atoms with E-state index in [1.165, 1.54) is 0 Å². The molecule has 1 amide bonds. The van der Waals surface area contributed by atoms with E-state index in [2.05, 4.69) is 64.7 Å². The fourth-order valence-electron chi connectivity index (χ4n) is 4.34. The molecule has 0 atom stereocenters. The van der Waals surface area contributed by atoms with Crippen LogP contribution in [0.5, 0.6) is 0 Å². The summed E-state index contributed by atoms with van der Waals surface area (Å²) in [7, 11) is 2.08. The SMILES string of the molecule is C[n+]1c(-c2ccnc(Cl)c2)cc2cnccc2c1N1CCC(C(=O)NCC(C)(C)C)CC1. The van der Waals surface area contributed by atoms with Crippen LogP contribution in [-0.4, -0.2) is 35.5 Å². The number of hydrogen-bond donors (Lipinski definition) is 1. The van der Waals surface area contributed by atoms with Crippen LogP contribution in [0.25, 0.3) is 22.0 Å². The Morgan fingerprint density at radius 2 is 1.97 bits per heavy atom. The minimum atomic E-state index is 0.0639. The number of nitrogens with one attached hydrogen (secondary N) is 1. The first kappa shape index (κ1) is 22.5. The highest BCUT2D eigenvalue weighted by molar-refractivity contribution is 6.29. The van der Waals surface area contributed by atoms with Crippen LogP contribution in [0, 0.1) is 11.3 Å². The normalized spacial score (nSPS) is 15.2. The number of halogens is 1. The van der Waals surface area contributed by atoms with Gasteiger partial charge in [-0.15, -0.1) is 0 Å². The maximum absolute atomic E-state index is 12.7. The second-order valence-electron chi connectivity index (χ2n) is 9.78. The molecular formula is C25H31ClN5O+. The molecule has 0 spiro atoms. The number of anilines is 1. The van der Waals surface area contributed by atoms with E-state index in [0.29, 0.717) is 11.7 Å². The van der Waals surface area contributed by atoms with Crippen LogP contribution >= 0.6 is 11.6 Å².